The van der Waals surface area contributed by atoms with Gasteiger partial charge in [-0.3, -0.25) is 4.90 Å². The first-order valence-corrected chi connectivity index (χ1v) is 7.68. The number of halogens is 3. The molecule has 0 bridgehead atoms. The van der Waals surface area contributed by atoms with E-state index < -0.39 is 11.7 Å². The third-order valence-electron chi connectivity index (χ3n) is 4.12. The molecule has 5 nitrogen and oxygen atoms in total. The maximum absolute atomic E-state index is 12.6. The zero-order valence-electron chi connectivity index (χ0n) is 13.2. The van der Waals surface area contributed by atoms with E-state index in [4.69, 9.17) is 4.74 Å². The number of piperazine rings is 1. The molecule has 1 aromatic heterocycles. The topological polar surface area (TPSA) is 48.1 Å². The summed E-state index contributed by atoms with van der Waals surface area (Å²) in [5.41, 5.74) is -0.693. The van der Waals surface area contributed by atoms with Gasteiger partial charge in [-0.05, 0) is 19.9 Å². The summed E-state index contributed by atoms with van der Waals surface area (Å²) in [7, 11) is 0. The van der Waals surface area contributed by atoms with Gasteiger partial charge in [0.2, 0.25) is 0 Å². The maximum atomic E-state index is 12.6. The Balaban J connectivity index is 1.93. The van der Waals surface area contributed by atoms with Gasteiger partial charge in [0.25, 0.3) is 5.82 Å². The molecule has 0 unspecified atom stereocenters. The van der Waals surface area contributed by atoms with E-state index in [1.54, 1.807) is 6.92 Å². The first-order valence-electron chi connectivity index (χ1n) is 7.68. The predicted octanol–water partition coefficient (Wildman–Crippen LogP) is 0.176. The summed E-state index contributed by atoms with van der Waals surface area (Å²) in [6.45, 7) is 6.78. The Bertz CT molecular complexity index is 526. The number of nitrogens with zero attached hydrogens (tertiary/aromatic N) is 1. The molecule has 0 radical (unpaired) electrons. The van der Waals surface area contributed by atoms with Gasteiger partial charge in [0, 0.05) is 6.07 Å². The van der Waals surface area contributed by atoms with Gasteiger partial charge in [0.15, 0.2) is 6.04 Å². The first kappa shape index (κ1) is 17.5. The molecule has 1 aromatic rings. The van der Waals surface area contributed by atoms with Gasteiger partial charge in [-0.1, -0.05) is 0 Å². The molecule has 0 aromatic carbocycles. The highest BCUT2D eigenvalue weighted by Crippen LogP contribution is 2.28. The highest BCUT2D eigenvalue weighted by molar-refractivity contribution is 5.73. The lowest BCUT2D eigenvalue weighted by Gasteiger charge is -2.31. The van der Waals surface area contributed by atoms with Crippen molar-refractivity contribution in [1.82, 2.24) is 0 Å². The van der Waals surface area contributed by atoms with Gasteiger partial charge in [0.1, 0.15) is 32.4 Å². The molecular formula is C15H22F3N3O2+2. The lowest BCUT2D eigenvalue weighted by molar-refractivity contribution is -0.915. The Labute approximate surface area is 133 Å². The first-order chi connectivity index (χ1) is 10.8. The number of aromatic amines is 1. The van der Waals surface area contributed by atoms with Crippen molar-refractivity contribution in [3.63, 3.8) is 0 Å². The van der Waals surface area contributed by atoms with Crippen LogP contribution in [0.4, 0.5) is 19.0 Å². The van der Waals surface area contributed by atoms with Crippen molar-refractivity contribution in [1.29, 1.82) is 0 Å². The number of quaternary nitrogens is 1. The number of alkyl halides is 3. The van der Waals surface area contributed by atoms with Crippen LogP contribution in [0, 0.1) is 0 Å². The van der Waals surface area contributed by atoms with Gasteiger partial charge in [-0.25, -0.2) is 9.78 Å². The average Bonchev–Trinajstić information content (AvgIpc) is 2.54. The van der Waals surface area contributed by atoms with Crippen molar-refractivity contribution in [2.45, 2.75) is 26.1 Å². The molecule has 0 aliphatic carbocycles. The molecule has 0 saturated carbocycles. The minimum atomic E-state index is -4.34. The van der Waals surface area contributed by atoms with Crippen molar-refractivity contribution in [2.24, 2.45) is 0 Å². The van der Waals surface area contributed by atoms with Crippen molar-refractivity contribution < 1.29 is 32.6 Å². The summed E-state index contributed by atoms with van der Waals surface area (Å²) in [5.74, 6) is 0.442. The molecule has 1 aliphatic heterocycles. The zero-order chi connectivity index (χ0) is 17.0. The average molecular weight is 333 g/mol. The normalized spacial score (nSPS) is 17.9. The largest absolute Gasteiger partial charge is 0.462 e. The van der Waals surface area contributed by atoms with Crippen LogP contribution < -0.4 is 14.8 Å². The number of esters is 1. The SMILES string of the molecule is CCOC(=O)[C@@H](C)[NH+]1CCN(c2ccc(C(F)(F)F)c[nH+]2)CC1. The number of rotatable bonds is 4. The number of ether oxygens (including phenoxy) is 1. The number of carbonyl (C=O) groups is 1. The molecule has 0 amide bonds. The van der Waals surface area contributed by atoms with Crippen molar-refractivity contribution >= 4 is 11.8 Å². The van der Waals surface area contributed by atoms with Crippen LogP contribution in [0.2, 0.25) is 0 Å². The molecule has 2 N–H and O–H groups in total. The highest BCUT2D eigenvalue weighted by Gasteiger charge is 2.35. The van der Waals surface area contributed by atoms with Crippen LogP contribution in [0.1, 0.15) is 19.4 Å². The molecular weight excluding hydrogens is 311 g/mol. The molecule has 23 heavy (non-hydrogen) atoms. The molecule has 1 fully saturated rings. The van der Waals surface area contributed by atoms with Gasteiger partial charge in [-0.15, -0.1) is 0 Å². The summed E-state index contributed by atoms with van der Waals surface area (Å²) < 4.78 is 42.7. The summed E-state index contributed by atoms with van der Waals surface area (Å²) >= 11 is 0. The van der Waals surface area contributed by atoms with Crippen molar-refractivity contribution in [2.75, 3.05) is 37.7 Å². The second-order valence-electron chi connectivity index (χ2n) is 5.58. The maximum Gasteiger partial charge on any atom is 0.419 e. The van der Waals surface area contributed by atoms with Crippen LogP contribution in [0.25, 0.3) is 0 Å². The van der Waals surface area contributed by atoms with Crippen LogP contribution in [-0.2, 0) is 15.7 Å². The fourth-order valence-corrected chi connectivity index (χ4v) is 2.69. The standard InChI is InChI=1S/C15H20F3N3O2/c1-3-23-14(22)11(2)20-6-8-21(9-7-20)13-5-4-12(10-19-13)15(16,17)18/h4-5,10-11H,3,6-9H2,1-2H3/p+2/t11-/m1/s1. The van der Waals surface area contributed by atoms with Crippen LogP contribution >= 0.6 is 0 Å². The highest BCUT2D eigenvalue weighted by atomic mass is 19.4. The Morgan fingerprint density at radius 2 is 2.04 bits per heavy atom. The predicted molar refractivity (Wildman–Crippen MR) is 77.0 cm³/mol. The van der Waals surface area contributed by atoms with Crippen molar-refractivity contribution in [3.05, 3.63) is 23.9 Å². The molecule has 1 atom stereocenters. The third-order valence-corrected chi connectivity index (χ3v) is 4.12. The minimum absolute atomic E-state index is 0.211. The Hall–Kier alpha value is -1.83. The minimum Gasteiger partial charge on any atom is -0.462 e. The number of H-pyrrole nitrogens is 1. The number of aromatic nitrogens is 1. The lowest BCUT2D eigenvalue weighted by Crippen LogP contribution is -3.19. The Kier molecular flexibility index (Phi) is 5.46. The second-order valence-corrected chi connectivity index (χ2v) is 5.58. The number of anilines is 1. The van der Waals surface area contributed by atoms with Crippen LogP contribution in [0.5, 0.6) is 0 Å². The van der Waals surface area contributed by atoms with E-state index in [-0.39, 0.29) is 12.0 Å². The fourth-order valence-electron chi connectivity index (χ4n) is 2.69. The molecule has 2 heterocycles. The second kappa shape index (κ2) is 7.16. The lowest BCUT2D eigenvalue weighted by atomic mass is 10.2. The van der Waals surface area contributed by atoms with E-state index in [9.17, 15) is 18.0 Å². The van der Waals surface area contributed by atoms with Crippen molar-refractivity contribution in [3.8, 4) is 0 Å². The summed E-state index contributed by atoms with van der Waals surface area (Å²) in [4.78, 5) is 17.6. The molecule has 1 saturated heterocycles. The summed E-state index contributed by atoms with van der Waals surface area (Å²) in [6, 6.07) is 2.29. The summed E-state index contributed by atoms with van der Waals surface area (Å²) in [6.07, 6.45) is -3.36. The van der Waals surface area contributed by atoms with Crippen LogP contribution in [0.3, 0.4) is 0 Å². The van der Waals surface area contributed by atoms with E-state index in [2.05, 4.69) is 4.98 Å². The third kappa shape index (κ3) is 4.34. The fraction of sp³-hybridized carbons (Fsp3) is 0.600. The van der Waals surface area contributed by atoms with Gasteiger partial charge in [-0.2, -0.15) is 13.2 Å². The number of pyridine rings is 1. The van der Waals surface area contributed by atoms with E-state index in [0.29, 0.717) is 25.5 Å². The quantitative estimate of drug-likeness (QED) is 0.800. The van der Waals surface area contributed by atoms with E-state index in [0.717, 1.165) is 30.3 Å². The van der Waals surface area contributed by atoms with Crippen LogP contribution in [-0.4, -0.2) is 44.8 Å². The van der Waals surface area contributed by atoms with Crippen LogP contribution in [0.15, 0.2) is 18.3 Å². The molecule has 128 valence electrons. The van der Waals surface area contributed by atoms with Gasteiger partial charge < -0.3 is 9.64 Å². The molecule has 2 rings (SSSR count). The smallest absolute Gasteiger partial charge is 0.419 e. The Morgan fingerprint density at radius 1 is 1.39 bits per heavy atom. The molecule has 0 spiro atoms. The van der Waals surface area contributed by atoms with Gasteiger partial charge >= 0.3 is 12.1 Å². The number of hydrogen-bond acceptors (Lipinski definition) is 3. The molecule has 8 heteroatoms. The summed E-state index contributed by atoms with van der Waals surface area (Å²) in [5, 5.41) is 0. The van der Waals surface area contributed by atoms with E-state index in [1.165, 1.54) is 6.07 Å². The Morgan fingerprint density at radius 3 is 2.52 bits per heavy atom. The number of carbonyl (C=O) groups excluding carboxylic acids is 1. The van der Waals surface area contributed by atoms with Gasteiger partial charge in [0.05, 0.1) is 12.2 Å². The monoisotopic (exact) mass is 333 g/mol. The number of hydrogen-bond donors (Lipinski definition) is 1. The van der Waals surface area contributed by atoms with E-state index >= 15 is 0 Å². The molecule has 1 aliphatic rings. The van der Waals surface area contributed by atoms with E-state index in [1.807, 2.05) is 11.8 Å². The number of nitrogens with one attached hydrogen (secondary N) is 2. The zero-order valence-corrected chi connectivity index (χ0v) is 13.2.